The number of H-pyrrole nitrogens is 1. The Kier molecular flexibility index (Phi) is 2.37. The zero-order chi connectivity index (χ0) is 10.2. The van der Waals surface area contributed by atoms with Gasteiger partial charge in [-0.1, -0.05) is 20.8 Å². The van der Waals surface area contributed by atoms with Crippen molar-refractivity contribution in [3.05, 3.63) is 22.1 Å². The average Bonchev–Trinajstić information content (AvgIpc) is 2.29. The minimum atomic E-state index is 0.0132. The molecule has 0 amide bonds. The highest BCUT2D eigenvalue weighted by molar-refractivity contribution is 5.10. The predicted octanol–water partition coefficient (Wildman–Crippen LogP) is 2.05. The Morgan fingerprint density at radius 2 is 1.92 bits per heavy atom. The molecule has 1 aromatic rings. The number of rotatable bonds is 1. The van der Waals surface area contributed by atoms with Gasteiger partial charge in [-0.15, -0.1) is 0 Å². The van der Waals surface area contributed by atoms with Crippen molar-refractivity contribution in [1.29, 1.82) is 0 Å². The van der Waals surface area contributed by atoms with Crippen molar-refractivity contribution in [3.8, 4) is 0 Å². The third-order valence-electron chi connectivity index (χ3n) is 2.07. The van der Waals surface area contributed by atoms with Gasteiger partial charge in [0.15, 0.2) is 0 Å². The lowest BCUT2D eigenvalue weighted by Crippen LogP contribution is -2.18. The zero-order valence-corrected chi connectivity index (χ0v) is 9.01. The molecular weight excluding hydrogens is 164 g/mol. The highest BCUT2D eigenvalue weighted by atomic mass is 16.1. The van der Waals surface area contributed by atoms with Gasteiger partial charge in [0.05, 0.1) is 0 Å². The van der Waals surface area contributed by atoms with Crippen LogP contribution >= 0.6 is 0 Å². The van der Waals surface area contributed by atoms with Crippen LogP contribution in [0.25, 0.3) is 0 Å². The second-order valence-corrected chi connectivity index (χ2v) is 4.72. The van der Waals surface area contributed by atoms with E-state index in [-0.39, 0.29) is 17.0 Å². The van der Waals surface area contributed by atoms with E-state index in [0.717, 1.165) is 5.69 Å². The van der Waals surface area contributed by atoms with E-state index in [1.54, 1.807) is 10.7 Å². The standard InChI is InChI=1S/C10H18N2O/c1-7(2)12-9(13)6-8(11-12)10(3,4)5/h6-7,11H,1-5H3. The SMILES string of the molecule is CC(C)n1[nH]c(C(C)(C)C)cc1=O. The summed E-state index contributed by atoms with van der Waals surface area (Å²) in [5.41, 5.74) is 1.06. The molecule has 0 aliphatic rings. The van der Waals surface area contributed by atoms with E-state index in [9.17, 15) is 4.79 Å². The molecule has 0 saturated heterocycles. The highest BCUT2D eigenvalue weighted by Crippen LogP contribution is 2.18. The molecule has 1 N–H and O–H groups in total. The summed E-state index contributed by atoms with van der Waals surface area (Å²) >= 11 is 0. The van der Waals surface area contributed by atoms with E-state index in [2.05, 4.69) is 25.9 Å². The largest absolute Gasteiger partial charge is 0.299 e. The maximum atomic E-state index is 11.5. The molecule has 74 valence electrons. The maximum Gasteiger partial charge on any atom is 0.266 e. The van der Waals surface area contributed by atoms with Gasteiger partial charge in [-0.3, -0.25) is 14.6 Å². The minimum Gasteiger partial charge on any atom is -0.299 e. The monoisotopic (exact) mass is 182 g/mol. The molecule has 0 aromatic carbocycles. The van der Waals surface area contributed by atoms with Crippen molar-refractivity contribution >= 4 is 0 Å². The Balaban J connectivity index is 3.18. The van der Waals surface area contributed by atoms with Crippen LogP contribution in [0.1, 0.15) is 46.4 Å². The molecule has 0 radical (unpaired) electrons. The molecule has 13 heavy (non-hydrogen) atoms. The Bertz CT molecular complexity index is 339. The molecular formula is C10H18N2O. The summed E-state index contributed by atoms with van der Waals surface area (Å²) in [7, 11) is 0. The first-order valence-corrected chi connectivity index (χ1v) is 4.64. The first-order chi connectivity index (χ1) is 5.82. The normalized spacial score (nSPS) is 12.5. The van der Waals surface area contributed by atoms with Gasteiger partial charge in [0, 0.05) is 23.2 Å². The van der Waals surface area contributed by atoms with Crippen LogP contribution < -0.4 is 5.56 Å². The first-order valence-electron chi connectivity index (χ1n) is 4.64. The summed E-state index contributed by atoms with van der Waals surface area (Å²) < 4.78 is 1.65. The molecule has 1 aromatic heterocycles. The van der Waals surface area contributed by atoms with Gasteiger partial charge in [-0.2, -0.15) is 0 Å². The number of hydrogen-bond acceptors (Lipinski definition) is 1. The van der Waals surface area contributed by atoms with Crippen LogP contribution in [0.4, 0.5) is 0 Å². The van der Waals surface area contributed by atoms with Crippen LogP contribution in [0.3, 0.4) is 0 Å². The highest BCUT2D eigenvalue weighted by Gasteiger charge is 2.17. The van der Waals surface area contributed by atoms with E-state index in [1.807, 2.05) is 13.8 Å². The topological polar surface area (TPSA) is 37.8 Å². The van der Waals surface area contributed by atoms with Crippen LogP contribution in [0, 0.1) is 0 Å². The van der Waals surface area contributed by atoms with Crippen LogP contribution in [0.5, 0.6) is 0 Å². The molecule has 0 aliphatic carbocycles. The van der Waals surface area contributed by atoms with Crippen LogP contribution in [0.15, 0.2) is 10.9 Å². The number of nitrogens with zero attached hydrogens (tertiary/aromatic N) is 1. The molecule has 3 nitrogen and oxygen atoms in total. The Labute approximate surface area is 78.8 Å². The lowest BCUT2D eigenvalue weighted by Gasteiger charge is -2.16. The fraction of sp³-hybridized carbons (Fsp3) is 0.700. The van der Waals surface area contributed by atoms with Crippen molar-refractivity contribution in [2.24, 2.45) is 0 Å². The molecule has 0 bridgehead atoms. The molecule has 0 spiro atoms. The minimum absolute atomic E-state index is 0.0132. The van der Waals surface area contributed by atoms with Gasteiger partial charge in [0.2, 0.25) is 0 Å². The van der Waals surface area contributed by atoms with E-state index in [0.29, 0.717) is 0 Å². The summed E-state index contributed by atoms with van der Waals surface area (Å²) in [5, 5.41) is 3.12. The second-order valence-electron chi connectivity index (χ2n) is 4.72. The summed E-state index contributed by atoms with van der Waals surface area (Å²) in [4.78, 5) is 11.5. The quantitative estimate of drug-likeness (QED) is 0.709. The number of aromatic amines is 1. The summed E-state index contributed by atoms with van der Waals surface area (Å²) in [6, 6.07) is 1.88. The van der Waals surface area contributed by atoms with E-state index in [1.165, 1.54) is 0 Å². The first kappa shape index (κ1) is 10.1. The van der Waals surface area contributed by atoms with E-state index >= 15 is 0 Å². The Morgan fingerprint density at radius 3 is 2.15 bits per heavy atom. The predicted molar refractivity (Wildman–Crippen MR) is 54.1 cm³/mol. The zero-order valence-electron chi connectivity index (χ0n) is 9.01. The third-order valence-corrected chi connectivity index (χ3v) is 2.07. The molecule has 0 atom stereocenters. The fourth-order valence-corrected chi connectivity index (χ4v) is 1.18. The van der Waals surface area contributed by atoms with Crippen LogP contribution in [0.2, 0.25) is 0 Å². The Morgan fingerprint density at radius 1 is 1.38 bits per heavy atom. The lowest BCUT2D eigenvalue weighted by atomic mass is 9.93. The van der Waals surface area contributed by atoms with Gasteiger partial charge < -0.3 is 0 Å². The number of aromatic nitrogens is 2. The van der Waals surface area contributed by atoms with E-state index in [4.69, 9.17) is 0 Å². The maximum absolute atomic E-state index is 11.5. The van der Waals surface area contributed by atoms with Crippen molar-refractivity contribution in [2.75, 3.05) is 0 Å². The van der Waals surface area contributed by atoms with Gasteiger partial charge >= 0.3 is 0 Å². The molecule has 0 fully saturated rings. The number of hydrogen-bond donors (Lipinski definition) is 1. The Hall–Kier alpha value is -0.990. The lowest BCUT2D eigenvalue weighted by molar-refractivity contribution is 0.486. The van der Waals surface area contributed by atoms with Gasteiger partial charge in [0.1, 0.15) is 0 Å². The van der Waals surface area contributed by atoms with Gasteiger partial charge in [-0.05, 0) is 13.8 Å². The van der Waals surface area contributed by atoms with Gasteiger partial charge in [-0.25, -0.2) is 0 Å². The summed E-state index contributed by atoms with van der Waals surface area (Å²) in [5.74, 6) is 0. The molecule has 1 rings (SSSR count). The van der Waals surface area contributed by atoms with Crippen LogP contribution in [-0.2, 0) is 5.41 Å². The molecule has 0 saturated carbocycles. The summed E-state index contributed by atoms with van der Waals surface area (Å²) in [6.07, 6.45) is 0. The molecule has 0 unspecified atom stereocenters. The fourth-order valence-electron chi connectivity index (χ4n) is 1.18. The van der Waals surface area contributed by atoms with Gasteiger partial charge in [0.25, 0.3) is 5.56 Å². The number of nitrogens with one attached hydrogen (secondary N) is 1. The molecule has 3 heteroatoms. The third kappa shape index (κ3) is 2.02. The van der Waals surface area contributed by atoms with Crippen molar-refractivity contribution in [2.45, 2.75) is 46.1 Å². The van der Waals surface area contributed by atoms with Crippen molar-refractivity contribution in [1.82, 2.24) is 9.78 Å². The molecule has 1 heterocycles. The van der Waals surface area contributed by atoms with E-state index < -0.39 is 0 Å². The van der Waals surface area contributed by atoms with Crippen molar-refractivity contribution in [3.63, 3.8) is 0 Å². The average molecular weight is 182 g/mol. The molecule has 0 aliphatic heterocycles. The smallest absolute Gasteiger partial charge is 0.266 e. The second kappa shape index (κ2) is 3.05. The summed E-state index contributed by atoms with van der Waals surface area (Å²) in [6.45, 7) is 10.2. The van der Waals surface area contributed by atoms with Crippen LogP contribution in [-0.4, -0.2) is 9.78 Å². The van der Waals surface area contributed by atoms with Crippen molar-refractivity contribution < 1.29 is 0 Å².